The van der Waals surface area contributed by atoms with Gasteiger partial charge in [0.1, 0.15) is 0 Å². The van der Waals surface area contributed by atoms with Crippen LogP contribution in [0.3, 0.4) is 0 Å². The van der Waals surface area contributed by atoms with Crippen molar-refractivity contribution in [2.75, 3.05) is 32.1 Å². The molecule has 0 aliphatic rings. The Kier molecular flexibility index (Phi) is 7.20. The van der Waals surface area contributed by atoms with E-state index in [1.165, 1.54) is 0 Å². The van der Waals surface area contributed by atoms with E-state index in [4.69, 9.17) is 15.3 Å². The van der Waals surface area contributed by atoms with Crippen LogP contribution in [0.15, 0.2) is 0 Å². The maximum Gasteiger partial charge on any atom is 0.0882 e. The second-order valence-electron chi connectivity index (χ2n) is 2.97. The fraction of sp³-hybridized carbons (Fsp3) is 1.00. The summed E-state index contributed by atoms with van der Waals surface area (Å²) in [7, 11) is 0. The van der Waals surface area contributed by atoms with Gasteiger partial charge in [-0.2, -0.15) is 25.3 Å². The van der Waals surface area contributed by atoms with Gasteiger partial charge in [0.2, 0.25) is 0 Å². The topological polar surface area (TPSA) is 72.7 Å². The Morgan fingerprint density at radius 3 is 1.92 bits per heavy atom. The highest BCUT2D eigenvalue weighted by Crippen LogP contribution is 2.03. The van der Waals surface area contributed by atoms with E-state index in [-0.39, 0.29) is 25.1 Å². The number of rotatable bonds is 7. The van der Waals surface area contributed by atoms with Crippen LogP contribution in [0.4, 0.5) is 0 Å². The molecule has 1 unspecified atom stereocenters. The third-order valence-corrected chi connectivity index (χ3v) is 2.93. The summed E-state index contributed by atoms with van der Waals surface area (Å²) in [5, 5.41) is 29.7. The molecule has 0 amide bonds. The third kappa shape index (κ3) is 4.53. The summed E-state index contributed by atoms with van der Waals surface area (Å²) in [6.07, 6.45) is 0. The van der Waals surface area contributed by atoms with Crippen molar-refractivity contribution in [1.82, 2.24) is 5.32 Å². The number of aliphatic hydroxyl groups excluding tert-OH is 3. The zero-order chi connectivity index (χ0) is 10.3. The van der Waals surface area contributed by atoms with Crippen molar-refractivity contribution >= 4 is 25.3 Å². The normalized spacial score (nSPS) is 14.5. The summed E-state index contributed by atoms with van der Waals surface area (Å²) in [5.41, 5.74) is -1.01. The van der Waals surface area contributed by atoms with Gasteiger partial charge in [0.05, 0.1) is 25.4 Å². The molecule has 0 heterocycles. The van der Waals surface area contributed by atoms with Crippen molar-refractivity contribution in [3.8, 4) is 0 Å². The molecule has 0 spiro atoms. The van der Waals surface area contributed by atoms with Gasteiger partial charge >= 0.3 is 0 Å². The molecule has 0 rings (SSSR count). The quantitative estimate of drug-likeness (QED) is 0.300. The Hall–Kier alpha value is 0.540. The monoisotopic (exact) mass is 227 g/mol. The van der Waals surface area contributed by atoms with Crippen LogP contribution in [0.25, 0.3) is 0 Å². The molecule has 0 aromatic rings. The van der Waals surface area contributed by atoms with Crippen molar-refractivity contribution < 1.29 is 15.3 Å². The first-order valence-corrected chi connectivity index (χ1v) is 5.15. The van der Waals surface area contributed by atoms with Crippen molar-refractivity contribution in [2.24, 2.45) is 0 Å². The predicted molar refractivity (Wildman–Crippen MR) is 58.6 cm³/mol. The summed E-state index contributed by atoms with van der Waals surface area (Å²) >= 11 is 8.20. The molecule has 6 heteroatoms. The van der Waals surface area contributed by atoms with Crippen LogP contribution in [-0.2, 0) is 0 Å². The van der Waals surface area contributed by atoms with Gasteiger partial charge in [-0.3, -0.25) is 0 Å². The number of hydrogen-bond donors (Lipinski definition) is 6. The van der Waals surface area contributed by atoms with Crippen LogP contribution in [-0.4, -0.2) is 58.2 Å². The summed E-state index contributed by atoms with van der Waals surface area (Å²) in [6, 6.07) is 0. The van der Waals surface area contributed by atoms with Gasteiger partial charge in [0, 0.05) is 17.5 Å². The summed E-state index contributed by atoms with van der Waals surface area (Å²) < 4.78 is 0. The SMILES string of the molecule is OCC(CO)(CO)NCC(S)CS. The van der Waals surface area contributed by atoms with Gasteiger partial charge in [-0.15, -0.1) is 0 Å². The van der Waals surface area contributed by atoms with Crippen LogP contribution < -0.4 is 5.32 Å². The average molecular weight is 227 g/mol. The van der Waals surface area contributed by atoms with Crippen LogP contribution in [0.2, 0.25) is 0 Å². The van der Waals surface area contributed by atoms with Crippen molar-refractivity contribution in [2.45, 2.75) is 10.8 Å². The first kappa shape index (κ1) is 13.5. The zero-order valence-electron chi connectivity index (χ0n) is 7.35. The van der Waals surface area contributed by atoms with Crippen LogP contribution in [0, 0.1) is 0 Å². The Labute approximate surface area is 89.2 Å². The Balaban J connectivity index is 3.95. The van der Waals surface area contributed by atoms with Crippen molar-refractivity contribution in [3.05, 3.63) is 0 Å². The van der Waals surface area contributed by atoms with Crippen LogP contribution >= 0.6 is 25.3 Å². The van der Waals surface area contributed by atoms with E-state index in [2.05, 4.69) is 30.6 Å². The van der Waals surface area contributed by atoms with E-state index in [9.17, 15) is 0 Å². The van der Waals surface area contributed by atoms with Gasteiger partial charge in [0.15, 0.2) is 0 Å². The number of aliphatic hydroxyl groups is 3. The fourth-order valence-corrected chi connectivity index (χ4v) is 0.937. The highest BCUT2D eigenvalue weighted by atomic mass is 32.1. The van der Waals surface area contributed by atoms with E-state index in [0.29, 0.717) is 12.3 Å². The lowest BCUT2D eigenvalue weighted by molar-refractivity contribution is 0.0432. The zero-order valence-corrected chi connectivity index (χ0v) is 9.14. The Bertz CT molecular complexity index is 125. The lowest BCUT2D eigenvalue weighted by atomic mass is 10.0. The molecule has 4 N–H and O–H groups in total. The molecule has 80 valence electrons. The van der Waals surface area contributed by atoms with Crippen LogP contribution in [0.5, 0.6) is 0 Å². The van der Waals surface area contributed by atoms with Gasteiger partial charge in [0.25, 0.3) is 0 Å². The van der Waals surface area contributed by atoms with E-state index >= 15 is 0 Å². The van der Waals surface area contributed by atoms with Gasteiger partial charge in [-0.05, 0) is 0 Å². The molecule has 0 aliphatic carbocycles. The van der Waals surface area contributed by atoms with Gasteiger partial charge < -0.3 is 20.6 Å². The molecule has 4 nitrogen and oxygen atoms in total. The molecule has 0 bridgehead atoms. The second kappa shape index (κ2) is 6.92. The molecule has 0 fully saturated rings. The largest absolute Gasteiger partial charge is 0.394 e. The van der Waals surface area contributed by atoms with E-state index < -0.39 is 5.54 Å². The Morgan fingerprint density at radius 2 is 1.62 bits per heavy atom. The molecular formula is C7H17NO3S2. The van der Waals surface area contributed by atoms with E-state index in [1.807, 2.05) is 0 Å². The highest BCUT2D eigenvalue weighted by Gasteiger charge is 2.27. The fourth-order valence-electron chi connectivity index (χ4n) is 0.717. The molecule has 0 saturated heterocycles. The van der Waals surface area contributed by atoms with Crippen LogP contribution in [0.1, 0.15) is 0 Å². The summed E-state index contributed by atoms with van der Waals surface area (Å²) in [6.45, 7) is -0.457. The minimum atomic E-state index is -1.01. The van der Waals surface area contributed by atoms with Crippen molar-refractivity contribution in [3.63, 3.8) is 0 Å². The average Bonchev–Trinajstić information content (AvgIpc) is 2.20. The standard InChI is InChI=1S/C7H17NO3S2/c9-3-7(4-10,5-11)8-1-6(13)2-12/h6,8-13H,1-5H2. The molecule has 13 heavy (non-hydrogen) atoms. The first-order valence-electron chi connectivity index (χ1n) is 4.00. The summed E-state index contributed by atoms with van der Waals surface area (Å²) in [5.74, 6) is 0.592. The molecule has 0 aromatic heterocycles. The van der Waals surface area contributed by atoms with Crippen molar-refractivity contribution in [1.29, 1.82) is 0 Å². The minimum absolute atomic E-state index is 0.0346. The number of nitrogens with one attached hydrogen (secondary N) is 1. The highest BCUT2D eigenvalue weighted by molar-refractivity contribution is 7.84. The predicted octanol–water partition coefficient (Wildman–Crippen LogP) is -1.48. The first-order chi connectivity index (χ1) is 6.14. The lowest BCUT2D eigenvalue weighted by Gasteiger charge is -2.29. The number of thiol groups is 2. The van der Waals surface area contributed by atoms with Gasteiger partial charge in [-0.25, -0.2) is 0 Å². The maximum atomic E-state index is 8.94. The van der Waals surface area contributed by atoms with E-state index in [1.54, 1.807) is 0 Å². The second-order valence-corrected chi connectivity index (χ2v) is 4.07. The molecule has 0 aliphatic heterocycles. The van der Waals surface area contributed by atoms with E-state index in [0.717, 1.165) is 0 Å². The molecule has 1 atom stereocenters. The Morgan fingerprint density at radius 1 is 1.15 bits per heavy atom. The third-order valence-electron chi connectivity index (χ3n) is 1.83. The minimum Gasteiger partial charge on any atom is -0.394 e. The summed E-state index contributed by atoms with van der Waals surface area (Å²) in [4.78, 5) is 0. The number of hydrogen-bond acceptors (Lipinski definition) is 6. The maximum absolute atomic E-state index is 8.94. The van der Waals surface area contributed by atoms with Gasteiger partial charge in [-0.1, -0.05) is 0 Å². The molecular weight excluding hydrogens is 210 g/mol. The molecule has 0 aromatic carbocycles. The molecule has 0 saturated carbocycles. The lowest BCUT2D eigenvalue weighted by Crippen LogP contribution is -2.56. The smallest absolute Gasteiger partial charge is 0.0882 e. The molecule has 0 radical (unpaired) electrons.